The topological polar surface area (TPSA) is 44.5 Å². The van der Waals surface area contributed by atoms with Crippen molar-refractivity contribution in [1.29, 1.82) is 0 Å². The van der Waals surface area contributed by atoms with Crippen LogP contribution in [0.2, 0.25) is 0 Å². The van der Waals surface area contributed by atoms with Gasteiger partial charge in [-0.05, 0) is 45.4 Å². The molecular weight excluding hydrogens is 202 g/mol. The fourth-order valence-corrected chi connectivity index (χ4v) is 2.56. The first-order chi connectivity index (χ1) is 7.64. The van der Waals surface area contributed by atoms with Gasteiger partial charge in [0.05, 0.1) is 18.2 Å². The van der Waals surface area contributed by atoms with Gasteiger partial charge in [0.2, 0.25) is 0 Å². The highest BCUT2D eigenvalue weighted by Crippen LogP contribution is 2.36. The fourth-order valence-electron chi connectivity index (χ4n) is 2.56. The third kappa shape index (κ3) is 3.44. The molecule has 0 saturated heterocycles. The van der Waals surface area contributed by atoms with Gasteiger partial charge in [-0.25, -0.2) is 0 Å². The van der Waals surface area contributed by atoms with E-state index in [-0.39, 0.29) is 11.6 Å². The highest BCUT2D eigenvalue weighted by molar-refractivity contribution is 4.95. The molecule has 3 heteroatoms. The molecule has 3 nitrogen and oxygen atoms in total. The van der Waals surface area contributed by atoms with E-state index in [0.717, 1.165) is 32.0 Å². The molecule has 0 amide bonds. The van der Waals surface area contributed by atoms with Gasteiger partial charge in [0.25, 0.3) is 0 Å². The Bertz CT molecular complexity index is 188. The Balaban J connectivity index is 2.57. The van der Waals surface area contributed by atoms with E-state index < -0.39 is 0 Å². The lowest BCUT2D eigenvalue weighted by Gasteiger charge is -2.43. The summed E-state index contributed by atoms with van der Waals surface area (Å²) < 4.78 is 11.4. The molecule has 1 rings (SSSR count). The molecule has 0 aromatic heterocycles. The van der Waals surface area contributed by atoms with Gasteiger partial charge in [-0.3, -0.25) is 0 Å². The Hall–Kier alpha value is -0.120. The normalized spacial score (nSPS) is 32.6. The van der Waals surface area contributed by atoms with Crippen molar-refractivity contribution in [2.75, 3.05) is 19.8 Å². The molecule has 1 saturated carbocycles. The summed E-state index contributed by atoms with van der Waals surface area (Å²) in [5, 5.41) is 0. The second-order valence-electron chi connectivity index (χ2n) is 4.95. The van der Waals surface area contributed by atoms with Crippen LogP contribution in [0.25, 0.3) is 0 Å². The highest BCUT2D eigenvalue weighted by atomic mass is 16.5. The molecule has 16 heavy (non-hydrogen) atoms. The molecule has 2 N–H and O–H groups in total. The zero-order valence-corrected chi connectivity index (χ0v) is 11.0. The smallest absolute Gasteiger partial charge is 0.0855 e. The van der Waals surface area contributed by atoms with E-state index in [1.165, 1.54) is 12.8 Å². The molecule has 0 aromatic rings. The van der Waals surface area contributed by atoms with Crippen LogP contribution in [-0.4, -0.2) is 31.5 Å². The lowest BCUT2D eigenvalue weighted by atomic mass is 9.75. The SMILES string of the molecule is CCOCC(N)C1(OCC)CCC(C)CC1. The molecule has 1 unspecified atom stereocenters. The average Bonchev–Trinajstić information content (AvgIpc) is 2.29. The summed E-state index contributed by atoms with van der Waals surface area (Å²) in [6.07, 6.45) is 4.60. The summed E-state index contributed by atoms with van der Waals surface area (Å²) >= 11 is 0. The maximum Gasteiger partial charge on any atom is 0.0855 e. The molecule has 0 aliphatic heterocycles. The van der Waals surface area contributed by atoms with Crippen molar-refractivity contribution in [2.24, 2.45) is 11.7 Å². The molecule has 1 fully saturated rings. The molecular formula is C13H27NO2. The van der Waals surface area contributed by atoms with Crippen LogP contribution in [0.15, 0.2) is 0 Å². The van der Waals surface area contributed by atoms with Crippen LogP contribution in [0, 0.1) is 5.92 Å². The summed E-state index contributed by atoms with van der Waals surface area (Å²) in [5.74, 6) is 0.813. The van der Waals surface area contributed by atoms with Gasteiger partial charge in [-0.15, -0.1) is 0 Å². The first-order valence-electron chi connectivity index (χ1n) is 6.62. The van der Waals surface area contributed by atoms with Crippen LogP contribution in [0.4, 0.5) is 0 Å². The molecule has 0 spiro atoms. The van der Waals surface area contributed by atoms with Crippen molar-refractivity contribution in [3.63, 3.8) is 0 Å². The standard InChI is InChI=1S/C13H27NO2/c1-4-15-10-12(14)13(16-5-2)8-6-11(3)7-9-13/h11-12H,4-10,14H2,1-3H3. The van der Waals surface area contributed by atoms with E-state index in [9.17, 15) is 0 Å². The summed E-state index contributed by atoms with van der Waals surface area (Å²) in [6.45, 7) is 8.45. The van der Waals surface area contributed by atoms with Crippen molar-refractivity contribution in [2.45, 2.75) is 58.1 Å². The van der Waals surface area contributed by atoms with Gasteiger partial charge in [0, 0.05) is 13.2 Å². The summed E-state index contributed by atoms with van der Waals surface area (Å²) in [7, 11) is 0. The van der Waals surface area contributed by atoms with Gasteiger partial charge in [-0.1, -0.05) is 6.92 Å². The minimum atomic E-state index is -0.129. The summed E-state index contributed by atoms with van der Waals surface area (Å²) in [5.41, 5.74) is 6.12. The van der Waals surface area contributed by atoms with E-state index in [4.69, 9.17) is 15.2 Å². The number of hydrogen-bond acceptors (Lipinski definition) is 3. The second-order valence-corrected chi connectivity index (χ2v) is 4.95. The first-order valence-corrected chi connectivity index (χ1v) is 6.62. The van der Waals surface area contributed by atoms with Crippen molar-refractivity contribution in [3.8, 4) is 0 Å². The van der Waals surface area contributed by atoms with Crippen LogP contribution in [0.5, 0.6) is 0 Å². The van der Waals surface area contributed by atoms with E-state index in [2.05, 4.69) is 6.92 Å². The van der Waals surface area contributed by atoms with Gasteiger partial charge in [0.1, 0.15) is 0 Å². The molecule has 1 atom stereocenters. The van der Waals surface area contributed by atoms with Crippen LogP contribution < -0.4 is 5.73 Å². The number of nitrogens with two attached hydrogens (primary N) is 1. The van der Waals surface area contributed by atoms with Crippen molar-refractivity contribution >= 4 is 0 Å². The van der Waals surface area contributed by atoms with E-state index >= 15 is 0 Å². The van der Waals surface area contributed by atoms with E-state index in [1.807, 2.05) is 13.8 Å². The predicted molar refractivity (Wildman–Crippen MR) is 66.5 cm³/mol. The zero-order chi connectivity index (χ0) is 12.0. The maximum atomic E-state index is 6.25. The van der Waals surface area contributed by atoms with Gasteiger partial charge in [0.15, 0.2) is 0 Å². The van der Waals surface area contributed by atoms with Crippen molar-refractivity contribution in [1.82, 2.24) is 0 Å². The molecule has 96 valence electrons. The lowest BCUT2D eigenvalue weighted by Crippen LogP contribution is -2.54. The Kier molecular flexibility index (Phi) is 5.73. The number of ether oxygens (including phenoxy) is 2. The minimum Gasteiger partial charge on any atom is -0.380 e. The Labute approximate surface area is 99.7 Å². The third-order valence-electron chi connectivity index (χ3n) is 3.73. The highest BCUT2D eigenvalue weighted by Gasteiger charge is 2.40. The monoisotopic (exact) mass is 229 g/mol. The Morgan fingerprint density at radius 1 is 1.25 bits per heavy atom. The fraction of sp³-hybridized carbons (Fsp3) is 1.00. The quantitative estimate of drug-likeness (QED) is 0.760. The van der Waals surface area contributed by atoms with Gasteiger partial charge in [-0.2, -0.15) is 0 Å². The molecule has 1 aliphatic rings. The van der Waals surface area contributed by atoms with Crippen molar-refractivity contribution in [3.05, 3.63) is 0 Å². The van der Waals surface area contributed by atoms with Crippen LogP contribution >= 0.6 is 0 Å². The molecule has 0 aromatic carbocycles. The van der Waals surface area contributed by atoms with Crippen molar-refractivity contribution < 1.29 is 9.47 Å². The number of hydrogen-bond donors (Lipinski definition) is 1. The Morgan fingerprint density at radius 2 is 1.88 bits per heavy atom. The summed E-state index contributed by atoms with van der Waals surface area (Å²) in [6, 6.07) is 0.0138. The average molecular weight is 229 g/mol. The molecule has 0 heterocycles. The maximum absolute atomic E-state index is 6.25. The molecule has 0 radical (unpaired) electrons. The van der Waals surface area contributed by atoms with Gasteiger partial charge >= 0.3 is 0 Å². The van der Waals surface area contributed by atoms with E-state index in [0.29, 0.717) is 6.61 Å². The third-order valence-corrected chi connectivity index (χ3v) is 3.73. The van der Waals surface area contributed by atoms with Crippen LogP contribution in [0.3, 0.4) is 0 Å². The second kappa shape index (κ2) is 6.58. The Morgan fingerprint density at radius 3 is 2.38 bits per heavy atom. The lowest BCUT2D eigenvalue weighted by molar-refractivity contribution is -0.102. The zero-order valence-electron chi connectivity index (χ0n) is 11.0. The molecule has 1 aliphatic carbocycles. The minimum absolute atomic E-state index is 0.0138. The largest absolute Gasteiger partial charge is 0.380 e. The van der Waals surface area contributed by atoms with E-state index in [1.54, 1.807) is 0 Å². The number of rotatable bonds is 6. The predicted octanol–water partition coefficient (Wildman–Crippen LogP) is 2.34. The van der Waals surface area contributed by atoms with Crippen LogP contribution in [0.1, 0.15) is 46.5 Å². The summed E-state index contributed by atoms with van der Waals surface area (Å²) in [4.78, 5) is 0. The van der Waals surface area contributed by atoms with Crippen LogP contribution in [-0.2, 0) is 9.47 Å². The molecule has 0 bridgehead atoms. The van der Waals surface area contributed by atoms with Gasteiger partial charge < -0.3 is 15.2 Å². The first kappa shape index (κ1) is 13.9.